The quantitative estimate of drug-likeness (QED) is 0.807. The molecule has 5 heteroatoms. The number of rotatable bonds is 1. The van der Waals surface area contributed by atoms with Gasteiger partial charge in [0.15, 0.2) is 0 Å². The molecule has 1 aromatic carbocycles. The maximum Gasteiger partial charge on any atom is 0.325 e. The molecule has 0 spiro atoms. The Kier molecular flexibility index (Phi) is 3.44. The highest BCUT2D eigenvalue weighted by Crippen LogP contribution is 2.23. The van der Waals surface area contributed by atoms with Crippen LogP contribution in [0.1, 0.15) is 18.4 Å². The van der Waals surface area contributed by atoms with E-state index in [0.29, 0.717) is 11.4 Å². The minimum Gasteiger partial charge on any atom is -0.324 e. The second-order valence-electron chi connectivity index (χ2n) is 5.19. The Morgan fingerprint density at radius 1 is 1.33 bits per heavy atom. The number of nitrogens with zero attached hydrogens (tertiary/aromatic N) is 4. The van der Waals surface area contributed by atoms with Crippen LogP contribution in [-0.2, 0) is 0 Å². The number of likely N-dealkylation sites (tertiary alicyclic amines) is 1. The highest BCUT2D eigenvalue weighted by molar-refractivity contribution is 5.94. The van der Waals surface area contributed by atoms with Crippen molar-refractivity contribution in [1.82, 2.24) is 9.88 Å². The Morgan fingerprint density at radius 2 is 2.05 bits per heavy atom. The molecule has 0 atom stereocenters. The Labute approximate surface area is 123 Å². The van der Waals surface area contributed by atoms with Crippen molar-refractivity contribution in [2.24, 2.45) is 0 Å². The number of urea groups is 1. The van der Waals surface area contributed by atoms with Crippen molar-refractivity contribution in [2.45, 2.75) is 12.8 Å². The normalized spacial score (nSPS) is 14.2. The van der Waals surface area contributed by atoms with Crippen LogP contribution in [0.2, 0.25) is 0 Å². The minimum atomic E-state index is -0.0563. The number of hydrogen-bond acceptors (Lipinski definition) is 3. The minimum absolute atomic E-state index is 0.0563. The summed E-state index contributed by atoms with van der Waals surface area (Å²) in [5.41, 5.74) is 1.27. The predicted molar refractivity (Wildman–Crippen MR) is 81.1 cm³/mol. The van der Waals surface area contributed by atoms with Crippen LogP contribution in [0.25, 0.3) is 10.9 Å². The fourth-order valence-corrected chi connectivity index (χ4v) is 2.64. The zero-order valence-electron chi connectivity index (χ0n) is 11.9. The number of carbonyl (C=O) groups excluding carboxylic acids is 1. The van der Waals surface area contributed by atoms with Crippen LogP contribution in [0.4, 0.5) is 10.6 Å². The summed E-state index contributed by atoms with van der Waals surface area (Å²) in [6.07, 6.45) is 2.10. The molecule has 1 fully saturated rings. The van der Waals surface area contributed by atoms with E-state index in [0.717, 1.165) is 36.8 Å². The lowest BCUT2D eigenvalue weighted by molar-refractivity contribution is 0.216. The highest BCUT2D eigenvalue weighted by Gasteiger charge is 2.23. The first kappa shape index (κ1) is 13.4. The van der Waals surface area contributed by atoms with Gasteiger partial charge in [0.05, 0.1) is 17.1 Å². The lowest BCUT2D eigenvalue weighted by Crippen LogP contribution is -2.39. The van der Waals surface area contributed by atoms with E-state index < -0.39 is 0 Å². The number of anilines is 1. The number of hydrogen-bond donors (Lipinski definition) is 0. The zero-order valence-corrected chi connectivity index (χ0v) is 11.9. The largest absolute Gasteiger partial charge is 0.325 e. The summed E-state index contributed by atoms with van der Waals surface area (Å²) in [6, 6.07) is 11.3. The van der Waals surface area contributed by atoms with E-state index in [1.54, 1.807) is 13.1 Å². The first-order chi connectivity index (χ1) is 10.2. The summed E-state index contributed by atoms with van der Waals surface area (Å²) in [5.74, 6) is 0.516. The van der Waals surface area contributed by atoms with Crippen molar-refractivity contribution in [2.75, 3.05) is 25.0 Å². The summed E-state index contributed by atoms with van der Waals surface area (Å²) >= 11 is 0. The van der Waals surface area contributed by atoms with Crippen molar-refractivity contribution in [3.05, 3.63) is 35.9 Å². The molecular formula is C16H16N4O. The maximum absolute atomic E-state index is 12.4. The third-order valence-corrected chi connectivity index (χ3v) is 3.83. The number of benzene rings is 1. The van der Waals surface area contributed by atoms with Gasteiger partial charge in [-0.05, 0) is 25.0 Å². The Balaban J connectivity index is 2.00. The lowest BCUT2D eigenvalue weighted by atomic mass is 10.1. The number of pyridine rings is 1. The first-order valence-electron chi connectivity index (χ1n) is 7.03. The third-order valence-electron chi connectivity index (χ3n) is 3.83. The predicted octanol–water partition coefficient (Wildman–Crippen LogP) is 2.76. The standard InChI is InChI=1S/C16H16N4O/c1-19(16(21)20-8-4-5-9-20)15-10-12(11-17)13-6-2-3-7-14(13)18-15/h2-3,6-7,10H,4-5,8-9H2,1H3. The molecule has 0 saturated carbocycles. The third kappa shape index (κ3) is 2.40. The Bertz CT molecular complexity index is 729. The SMILES string of the molecule is CN(C(=O)N1CCCC1)c1cc(C#N)c2ccccc2n1. The van der Waals surface area contributed by atoms with Crippen molar-refractivity contribution >= 4 is 22.8 Å². The molecule has 0 bridgehead atoms. The van der Waals surface area contributed by atoms with Crippen molar-refractivity contribution in [3.8, 4) is 6.07 Å². The van der Waals surface area contributed by atoms with Gasteiger partial charge in [-0.2, -0.15) is 5.26 Å². The Morgan fingerprint density at radius 3 is 2.76 bits per heavy atom. The van der Waals surface area contributed by atoms with Crippen molar-refractivity contribution < 1.29 is 4.79 Å². The topological polar surface area (TPSA) is 60.2 Å². The number of carbonyl (C=O) groups is 1. The van der Waals surface area contributed by atoms with Crippen molar-refractivity contribution in [1.29, 1.82) is 5.26 Å². The molecular weight excluding hydrogens is 264 g/mol. The van der Waals surface area contributed by atoms with Gasteiger partial charge in [0.2, 0.25) is 0 Å². The number of amides is 2. The van der Waals surface area contributed by atoms with Crippen LogP contribution in [0.15, 0.2) is 30.3 Å². The fourth-order valence-electron chi connectivity index (χ4n) is 2.64. The van der Waals surface area contributed by atoms with Crippen LogP contribution in [-0.4, -0.2) is 36.1 Å². The van der Waals surface area contributed by atoms with Gasteiger partial charge in [-0.1, -0.05) is 18.2 Å². The van der Waals surface area contributed by atoms with Crippen LogP contribution < -0.4 is 4.90 Å². The lowest BCUT2D eigenvalue weighted by Gasteiger charge is -2.23. The van der Waals surface area contributed by atoms with Crippen molar-refractivity contribution in [3.63, 3.8) is 0 Å². The monoisotopic (exact) mass is 280 g/mol. The smallest absolute Gasteiger partial charge is 0.324 e. The fraction of sp³-hybridized carbons (Fsp3) is 0.312. The number of nitriles is 1. The number of aromatic nitrogens is 1. The number of fused-ring (bicyclic) bond motifs is 1. The second-order valence-corrected chi connectivity index (χ2v) is 5.19. The first-order valence-corrected chi connectivity index (χ1v) is 7.03. The molecule has 21 heavy (non-hydrogen) atoms. The molecule has 1 aliphatic rings. The summed E-state index contributed by atoms with van der Waals surface area (Å²) in [4.78, 5) is 20.3. The van der Waals surface area contributed by atoms with Gasteiger partial charge in [0.25, 0.3) is 0 Å². The average molecular weight is 280 g/mol. The van der Waals surface area contributed by atoms with Gasteiger partial charge in [-0.15, -0.1) is 0 Å². The van der Waals surface area contributed by atoms with E-state index in [1.165, 1.54) is 4.90 Å². The van der Waals surface area contributed by atoms with E-state index in [4.69, 9.17) is 0 Å². The summed E-state index contributed by atoms with van der Waals surface area (Å²) < 4.78 is 0. The average Bonchev–Trinajstić information content (AvgIpc) is 3.06. The van der Waals surface area contributed by atoms with E-state index in [9.17, 15) is 10.1 Å². The van der Waals surface area contributed by atoms with E-state index in [1.807, 2.05) is 29.2 Å². The molecule has 1 aliphatic heterocycles. The molecule has 2 amide bonds. The van der Waals surface area contributed by atoms with Gasteiger partial charge >= 0.3 is 6.03 Å². The van der Waals surface area contributed by atoms with E-state index in [2.05, 4.69) is 11.1 Å². The van der Waals surface area contributed by atoms with Crippen LogP contribution in [0, 0.1) is 11.3 Å². The molecule has 0 unspecified atom stereocenters. The molecule has 0 aliphatic carbocycles. The summed E-state index contributed by atoms with van der Waals surface area (Å²) in [7, 11) is 1.71. The maximum atomic E-state index is 12.4. The summed E-state index contributed by atoms with van der Waals surface area (Å²) in [5, 5.41) is 10.1. The molecule has 1 saturated heterocycles. The molecule has 1 aromatic heterocycles. The van der Waals surface area contributed by atoms with Gasteiger partial charge < -0.3 is 4.90 Å². The molecule has 2 heterocycles. The highest BCUT2D eigenvalue weighted by atomic mass is 16.2. The zero-order chi connectivity index (χ0) is 14.8. The van der Waals surface area contributed by atoms with Crippen LogP contribution >= 0.6 is 0 Å². The summed E-state index contributed by atoms with van der Waals surface area (Å²) in [6.45, 7) is 1.59. The molecule has 106 valence electrons. The van der Waals surface area contributed by atoms with Crippen LogP contribution in [0.5, 0.6) is 0 Å². The van der Waals surface area contributed by atoms with E-state index >= 15 is 0 Å². The molecule has 2 aromatic rings. The molecule has 5 nitrogen and oxygen atoms in total. The second kappa shape index (κ2) is 5.41. The van der Waals surface area contributed by atoms with Crippen LogP contribution in [0.3, 0.4) is 0 Å². The number of para-hydroxylation sites is 1. The van der Waals surface area contributed by atoms with E-state index in [-0.39, 0.29) is 6.03 Å². The van der Waals surface area contributed by atoms with Gasteiger partial charge in [-0.3, -0.25) is 4.90 Å². The van der Waals surface area contributed by atoms with Gasteiger partial charge in [0.1, 0.15) is 5.82 Å². The molecule has 0 radical (unpaired) electrons. The van der Waals surface area contributed by atoms with Gasteiger partial charge in [-0.25, -0.2) is 9.78 Å². The van der Waals surface area contributed by atoms with Gasteiger partial charge in [0, 0.05) is 25.5 Å². The molecule has 3 rings (SSSR count). The molecule has 0 N–H and O–H groups in total. The Hall–Kier alpha value is -2.61.